The zero-order valence-electron chi connectivity index (χ0n) is 36.1. The van der Waals surface area contributed by atoms with Gasteiger partial charge >= 0.3 is 0 Å². The molecule has 2 fully saturated rings. The van der Waals surface area contributed by atoms with Gasteiger partial charge in [-0.1, -0.05) is 53.1 Å². The number of nitrogens with zero attached hydrogens (tertiary/aromatic N) is 4. The SMILES string of the molecule is Cc1ccc2c(=C3CC(C)(C)N(O)C(C)(C)C3)c3cc(N4C(=O)c5ccc(-c6ccc7c(c6)C(=O)N(C)C7=O)cc5C4=O)ccc3c(=C3CC(C)(C)N(O)C(C)(C)C3)c2c1. The fourth-order valence-corrected chi connectivity index (χ4v) is 10.9. The van der Waals surface area contributed by atoms with Crippen molar-refractivity contribution in [1.29, 1.82) is 0 Å². The van der Waals surface area contributed by atoms with Crippen LogP contribution in [0.25, 0.3) is 43.8 Å². The third-order valence-corrected chi connectivity index (χ3v) is 13.4. The zero-order chi connectivity index (χ0) is 43.2. The van der Waals surface area contributed by atoms with Crippen LogP contribution < -0.4 is 15.3 Å². The smallest absolute Gasteiger partial charge is 0.266 e. The van der Waals surface area contributed by atoms with Gasteiger partial charge in [0.2, 0.25) is 0 Å². The summed E-state index contributed by atoms with van der Waals surface area (Å²) in [7, 11) is 1.45. The number of imide groups is 2. The average Bonchev–Trinajstić information content (AvgIpc) is 3.56. The summed E-state index contributed by atoms with van der Waals surface area (Å²) in [5, 5.41) is 32.0. The van der Waals surface area contributed by atoms with Crippen LogP contribution in [0.3, 0.4) is 0 Å². The average molecular weight is 805 g/mol. The van der Waals surface area contributed by atoms with Gasteiger partial charge in [0.1, 0.15) is 0 Å². The number of rotatable bonds is 2. The molecular formula is C50H52N4O6. The van der Waals surface area contributed by atoms with Gasteiger partial charge in [0.15, 0.2) is 0 Å². The molecule has 0 saturated carbocycles. The number of anilines is 1. The Kier molecular flexibility index (Phi) is 8.64. The van der Waals surface area contributed by atoms with E-state index in [1.807, 2.05) is 12.1 Å². The molecule has 0 bridgehead atoms. The molecule has 308 valence electrons. The molecule has 4 aliphatic heterocycles. The number of amides is 4. The van der Waals surface area contributed by atoms with Crippen LogP contribution in [0.5, 0.6) is 0 Å². The highest BCUT2D eigenvalue weighted by atomic mass is 16.5. The Morgan fingerprint density at radius 3 is 1.37 bits per heavy atom. The third-order valence-electron chi connectivity index (χ3n) is 13.4. The van der Waals surface area contributed by atoms with Gasteiger partial charge in [-0.3, -0.25) is 24.1 Å². The Labute approximate surface area is 349 Å². The molecule has 0 atom stereocenters. The highest BCUT2D eigenvalue weighted by Crippen LogP contribution is 2.43. The van der Waals surface area contributed by atoms with Gasteiger partial charge in [0.25, 0.3) is 23.6 Å². The molecule has 4 amide bonds. The van der Waals surface area contributed by atoms with E-state index < -0.39 is 34.0 Å². The minimum atomic E-state index is -0.578. The summed E-state index contributed by atoms with van der Waals surface area (Å²) in [6, 6.07) is 22.7. The minimum absolute atomic E-state index is 0.261. The fraction of sp³-hybridized carbons (Fsp3) is 0.360. The molecule has 0 unspecified atom stereocenters. The molecular weight excluding hydrogens is 753 g/mol. The quantitative estimate of drug-likeness (QED) is 0.135. The van der Waals surface area contributed by atoms with Crippen LogP contribution in [0.2, 0.25) is 0 Å². The number of hydrogen-bond acceptors (Lipinski definition) is 8. The number of fused-ring (bicyclic) bond motifs is 4. The van der Waals surface area contributed by atoms with Crippen LogP contribution in [0, 0.1) is 6.92 Å². The van der Waals surface area contributed by atoms with Gasteiger partial charge in [-0.2, -0.15) is 10.1 Å². The summed E-state index contributed by atoms with van der Waals surface area (Å²) in [4.78, 5) is 56.6. The van der Waals surface area contributed by atoms with Crippen molar-refractivity contribution in [2.45, 2.75) is 110 Å². The molecule has 9 rings (SSSR count). The molecule has 4 aliphatic rings. The summed E-state index contributed by atoms with van der Waals surface area (Å²) in [6.07, 6.45) is 2.46. The zero-order valence-corrected chi connectivity index (χ0v) is 36.1. The molecule has 4 heterocycles. The van der Waals surface area contributed by atoms with Gasteiger partial charge in [0.05, 0.1) is 27.9 Å². The molecule has 0 aliphatic carbocycles. The summed E-state index contributed by atoms with van der Waals surface area (Å²) in [5.41, 5.74) is 4.23. The van der Waals surface area contributed by atoms with E-state index >= 15 is 0 Å². The van der Waals surface area contributed by atoms with E-state index in [9.17, 15) is 29.6 Å². The summed E-state index contributed by atoms with van der Waals surface area (Å²) in [6.45, 7) is 18.6. The lowest BCUT2D eigenvalue weighted by molar-refractivity contribution is -0.228. The Hall–Kier alpha value is -5.52. The predicted molar refractivity (Wildman–Crippen MR) is 234 cm³/mol. The molecule has 5 aromatic carbocycles. The first-order chi connectivity index (χ1) is 28.0. The Morgan fingerprint density at radius 1 is 0.467 bits per heavy atom. The summed E-state index contributed by atoms with van der Waals surface area (Å²) in [5.74, 6) is -1.60. The first kappa shape index (κ1) is 39.9. The first-order valence-electron chi connectivity index (χ1n) is 20.7. The number of hydroxylamine groups is 4. The summed E-state index contributed by atoms with van der Waals surface area (Å²) >= 11 is 0. The van der Waals surface area contributed by atoms with Crippen LogP contribution in [-0.4, -0.2) is 78.3 Å². The summed E-state index contributed by atoms with van der Waals surface area (Å²) < 4.78 is 0. The van der Waals surface area contributed by atoms with Crippen molar-refractivity contribution in [2.24, 2.45) is 0 Å². The lowest BCUT2D eigenvalue weighted by Crippen LogP contribution is -2.57. The fourth-order valence-electron chi connectivity index (χ4n) is 10.9. The van der Waals surface area contributed by atoms with Gasteiger partial charge < -0.3 is 10.4 Å². The van der Waals surface area contributed by atoms with Gasteiger partial charge in [0, 0.05) is 29.2 Å². The lowest BCUT2D eigenvalue weighted by Gasteiger charge is -2.50. The third kappa shape index (κ3) is 5.83. The molecule has 10 heteroatoms. The van der Waals surface area contributed by atoms with Crippen molar-refractivity contribution in [1.82, 2.24) is 15.0 Å². The largest absolute Gasteiger partial charge is 0.313 e. The normalized spacial score (nSPS) is 21.1. The first-order valence-corrected chi connectivity index (χ1v) is 20.7. The van der Waals surface area contributed by atoms with E-state index in [-0.39, 0.29) is 22.9 Å². The van der Waals surface area contributed by atoms with E-state index in [0.717, 1.165) is 42.4 Å². The van der Waals surface area contributed by atoms with E-state index in [0.29, 0.717) is 53.6 Å². The van der Waals surface area contributed by atoms with E-state index in [1.165, 1.54) is 33.2 Å². The number of piperidine rings is 2. The van der Waals surface area contributed by atoms with Crippen LogP contribution in [0.4, 0.5) is 5.69 Å². The van der Waals surface area contributed by atoms with Crippen LogP contribution in [0.1, 0.15) is 128 Å². The Balaban J connectivity index is 1.28. The number of hydrogen-bond donors (Lipinski definition) is 2. The van der Waals surface area contributed by atoms with Crippen molar-refractivity contribution in [3.8, 4) is 11.1 Å². The van der Waals surface area contributed by atoms with Crippen molar-refractivity contribution < 1.29 is 29.6 Å². The van der Waals surface area contributed by atoms with Gasteiger partial charge in [-0.25, -0.2) is 4.90 Å². The standard InChI is InChI=1S/C50H52N4O6/c1-27-11-15-33-37(19-27)41(30-23-47(2,3)53(59)48(4,5)24-30)34-18-14-32(22-38(34)42(33)31-25-49(6,7)54(60)50(8,9)26-31)52-45(57)36-17-13-29(21-40(36)46(52)58)28-12-16-35-39(20-28)44(56)51(10)43(35)55/h11-22,59-60H,23-26H2,1-10H3. The topological polar surface area (TPSA) is 122 Å². The van der Waals surface area contributed by atoms with Gasteiger partial charge in [-0.05, 0) is 168 Å². The molecule has 0 spiro atoms. The van der Waals surface area contributed by atoms with Crippen LogP contribution >= 0.6 is 0 Å². The van der Waals surface area contributed by atoms with E-state index in [1.54, 1.807) is 36.4 Å². The van der Waals surface area contributed by atoms with Crippen molar-refractivity contribution >= 4 is 62.0 Å². The number of aryl methyl sites for hydroxylation is 1. The van der Waals surface area contributed by atoms with Crippen molar-refractivity contribution in [3.63, 3.8) is 0 Å². The predicted octanol–water partition coefficient (Wildman–Crippen LogP) is 8.38. The maximum absolute atomic E-state index is 14.5. The highest BCUT2D eigenvalue weighted by Gasteiger charge is 2.45. The van der Waals surface area contributed by atoms with Gasteiger partial charge in [-0.15, -0.1) is 0 Å². The second-order valence-corrected chi connectivity index (χ2v) is 20.0. The Bertz CT molecular complexity index is 2900. The second-order valence-electron chi connectivity index (χ2n) is 20.0. The maximum atomic E-state index is 14.5. The monoisotopic (exact) mass is 804 g/mol. The number of benzene rings is 5. The second kappa shape index (κ2) is 13.0. The molecule has 5 aromatic rings. The molecule has 2 saturated heterocycles. The highest BCUT2D eigenvalue weighted by molar-refractivity contribution is 6.35. The lowest BCUT2D eigenvalue weighted by atomic mass is 9.75. The van der Waals surface area contributed by atoms with Crippen molar-refractivity contribution in [2.75, 3.05) is 11.9 Å². The Morgan fingerprint density at radius 2 is 0.867 bits per heavy atom. The van der Waals surface area contributed by atoms with E-state index in [4.69, 9.17) is 0 Å². The molecule has 0 radical (unpaired) electrons. The van der Waals surface area contributed by atoms with E-state index in [2.05, 4.69) is 86.6 Å². The minimum Gasteiger partial charge on any atom is -0.313 e. The number of carbonyl (C=O) groups excluding carboxylic acids is 4. The number of carbonyl (C=O) groups is 4. The molecule has 60 heavy (non-hydrogen) atoms. The van der Waals surface area contributed by atoms with Crippen molar-refractivity contribution in [3.05, 3.63) is 111 Å². The van der Waals surface area contributed by atoms with Crippen LogP contribution in [-0.2, 0) is 0 Å². The molecule has 0 aromatic heterocycles. The van der Waals surface area contributed by atoms with Crippen LogP contribution in [0.15, 0.2) is 72.8 Å². The molecule has 2 N–H and O–H groups in total. The maximum Gasteiger partial charge on any atom is 0.266 e. The molecule has 10 nitrogen and oxygen atoms in total.